The SMILES string of the molecule is CC(=O)O[C@@H]1[C@@H]2[C@H](CC[C@]3(C)C([C@H](C)C(C)O)=CC[C@@H]23)[C@@]2(C)CC[C@H](O[Si](c3ccccc3)(c3ccccc3)C(C)(C)C)CC2[C@H]1OC(C)=O. The molecule has 2 unspecified atom stereocenters. The average molecular weight is 701 g/mol. The molecule has 0 saturated heterocycles. The van der Waals surface area contributed by atoms with Gasteiger partial charge in [-0.2, -0.15) is 0 Å². The highest BCUT2D eigenvalue weighted by Crippen LogP contribution is 2.68. The molecule has 6 nitrogen and oxygen atoms in total. The number of ether oxygens (including phenoxy) is 2. The van der Waals surface area contributed by atoms with Crippen molar-refractivity contribution >= 4 is 30.6 Å². The van der Waals surface area contributed by atoms with E-state index in [0.29, 0.717) is 5.92 Å². The molecule has 0 heterocycles. The van der Waals surface area contributed by atoms with Gasteiger partial charge in [0.2, 0.25) is 0 Å². The van der Waals surface area contributed by atoms with Gasteiger partial charge in [0.05, 0.1) is 6.10 Å². The Bertz CT molecular complexity index is 1530. The molecule has 2 aromatic carbocycles. The van der Waals surface area contributed by atoms with Crippen LogP contribution in [0.5, 0.6) is 0 Å². The number of fused-ring (bicyclic) bond motifs is 5. The minimum Gasteiger partial charge on any atom is -0.458 e. The first kappa shape index (κ1) is 37.0. The third-order valence-corrected chi connectivity index (χ3v) is 19.0. The van der Waals surface area contributed by atoms with Crippen LogP contribution >= 0.6 is 0 Å². The minimum atomic E-state index is -2.83. The molecule has 7 heteroatoms. The lowest BCUT2D eigenvalue weighted by Gasteiger charge is -2.64. The summed E-state index contributed by atoms with van der Waals surface area (Å²) >= 11 is 0. The van der Waals surface area contributed by atoms with Crippen LogP contribution in [-0.4, -0.2) is 49.8 Å². The van der Waals surface area contributed by atoms with E-state index in [1.54, 1.807) is 0 Å². The molecule has 0 aromatic heterocycles. The summed E-state index contributed by atoms with van der Waals surface area (Å²) in [6, 6.07) is 21.6. The van der Waals surface area contributed by atoms with Gasteiger partial charge in [-0.3, -0.25) is 9.59 Å². The zero-order valence-corrected chi connectivity index (χ0v) is 32.8. The second kappa shape index (κ2) is 13.7. The van der Waals surface area contributed by atoms with Crippen molar-refractivity contribution in [1.29, 1.82) is 0 Å². The summed E-state index contributed by atoms with van der Waals surface area (Å²) in [6.07, 6.45) is 6.34. The van der Waals surface area contributed by atoms with E-state index in [-0.39, 0.29) is 57.6 Å². The molecule has 272 valence electrons. The van der Waals surface area contributed by atoms with E-state index in [1.165, 1.54) is 29.8 Å². The van der Waals surface area contributed by atoms with Crippen molar-refractivity contribution in [3.8, 4) is 0 Å². The molecule has 3 fully saturated rings. The molecular weight excluding hydrogens is 641 g/mol. The number of esters is 2. The van der Waals surface area contributed by atoms with Gasteiger partial charge in [0, 0.05) is 37.7 Å². The summed E-state index contributed by atoms with van der Waals surface area (Å²) in [4.78, 5) is 25.9. The third-order valence-electron chi connectivity index (χ3n) is 13.9. The Morgan fingerprint density at radius 1 is 0.820 bits per heavy atom. The minimum absolute atomic E-state index is 0.0245. The van der Waals surface area contributed by atoms with E-state index in [4.69, 9.17) is 13.9 Å². The van der Waals surface area contributed by atoms with Gasteiger partial charge >= 0.3 is 11.9 Å². The van der Waals surface area contributed by atoms with Crippen LogP contribution in [-0.2, 0) is 23.5 Å². The van der Waals surface area contributed by atoms with E-state index >= 15 is 0 Å². The van der Waals surface area contributed by atoms with Gasteiger partial charge in [0.1, 0.15) is 12.2 Å². The van der Waals surface area contributed by atoms with Crippen LogP contribution in [0.1, 0.15) is 101 Å². The largest absolute Gasteiger partial charge is 0.458 e. The number of aliphatic hydroxyl groups is 1. The topological polar surface area (TPSA) is 82.1 Å². The zero-order valence-electron chi connectivity index (χ0n) is 31.8. The monoisotopic (exact) mass is 700 g/mol. The lowest BCUT2D eigenvalue weighted by molar-refractivity contribution is -0.237. The van der Waals surface area contributed by atoms with Gasteiger partial charge < -0.3 is 19.0 Å². The Labute approximate surface area is 301 Å². The summed E-state index contributed by atoms with van der Waals surface area (Å²) in [5, 5.41) is 13.0. The van der Waals surface area contributed by atoms with Crippen LogP contribution < -0.4 is 10.4 Å². The number of carbonyl (C=O) groups excluding carboxylic acids is 2. The lowest BCUT2D eigenvalue weighted by atomic mass is 9.43. The maximum Gasteiger partial charge on any atom is 0.303 e. The number of carbonyl (C=O) groups is 2. The van der Waals surface area contributed by atoms with E-state index in [1.807, 2.05) is 6.92 Å². The van der Waals surface area contributed by atoms with Crippen molar-refractivity contribution in [2.45, 2.75) is 130 Å². The Morgan fingerprint density at radius 3 is 1.90 bits per heavy atom. The number of rotatable bonds is 8. The number of benzene rings is 2. The van der Waals surface area contributed by atoms with Crippen LogP contribution in [0.3, 0.4) is 0 Å². The van der Waals surface area contributed by atoms with Gasteiger partial charge in [-0.05, 0) is 83.5 Å². The maximum atomic E-state index is 13.0. The van der Waals surface area contributed by atoms with Gasteiger partial charge in [-0.1, -0.05) is 114 Å². The summed E-state index contributed by atoms with van der Waals surface area (Å²) in [7, 11) is -2.83. The summed E-state index contributed by atoms with van der Waals surface area (Å²) in [6.45, 7) is 18.7. The zero-order chi connectivity index (χ0) is 36.2. The highest BCUT2D eigenvalue weighted by atomic mass is 28.4. The molecule has 0 aliphatic heterocycles. The molecule has 0 spiro atoms. The number of aliphatic hydroxyl groups excluding tert-OH is 1. The summed E-state index contributed by atoms with van der Waals surface area (Å²) in [5.41, 5.74) is 1.10. The smallest absolute Gasteiger partial charge is 0.303 e. The molecule has 3 saturated carbocycles. The van der Waals surface area contributed by atoms with Crippen LogP contribution in [0, 0.1) is 40.4 Å². The average Bonchev–Trinajstić information content (AvgIpc) is 3.41. The molecule has 0 amide bonds. The Hall–Kier alpha value is -2.74. The predicted molar refractivity (Wildman–Crippen MR) is 200 cm³/mol. The number of hydrogen-bond acceptors (Lipinski definition) is 6. The summed E-state index contributed by atoms with van der Waals surface area (Å²) < 4.78 is 20.5. The molecule has 0 bridgehead atoms. The van der Waals surface area contributed by atoms with Crippen LogP contribution in [0.15, 0.2) is 72.3 Å². The predicted octanol–water partition coefficient (Wildman–Crippen LogP) is 7.61. The Morgan fingerprint density at radius 2 is 1.38 bits per heavy atom. The first-order valence-corrected chi connectivity index (χ1v) is 21.0. The van der Waals surface area contributed by atoms with Gasteiger partial charge in [-0.15, -0.1) is 0 Å². The highest BCUT2D eigenvalue weighted by molar-refractivity contribution is 6.99. The quantitative estimate of drug-likeness (QED) is 0.174. The van der Waals surface area contributed by atoms with E-state index in [2.05, 4.69) is 108 Å². The standard InChI is InChI=1S/C43H60O6Si/c1-27(28(2)44)34-20-21-35-38-36(23-25-42(34,35)8)43(9)24-22-31(26-37(43)39(47-29(3)45)40(38)48-30(4)46)49-50(41(5,6)7,32-16-12-10-13-17-32)33-18-14-11-15-19-33/h10-20,27-28,31,35-40,44H,21-26H2,1-9H3/t27-,28?,31+,35+,36+,37?,38+,39-,40-,42-,43-/m1/s1. The molecule has 4 aliphatic carbocycles. The molecule has 2 aromatic rings. The molecular formula is C43H60O6Si. The molecule has 50 heavy (non-hydrogen) atoms. The van der Waals surface area contributed by atoms with Crippen molar-refractivity contribution < 1.29 is 28.6 Å². The van der Waals surface area contributed by atoms with Crippen molar-refractivity contribution in [2.75, 3.05) is 0 Å². The number of allylic oxidation sites excluding steroid dienone is 1. The molecule has 0 radical (unpaired) electrons. The first-order valence-electron chi connectivity index (χ1n) is 19.1. The van der Waals surface area contributed by atoms with Crippen molar-refractivity contribution in [3.63, 3.8) is 0 Å². The van der Waals surface area contributed by atoms with E-state index < -0.39 is 26.6 Å². The molecule has 4 aliphatic rings. The normalized spacial score (nSPS) is 35.1. The van der Waals surface area contributed by atoms with E-state index in [9.17, 15) is 14.7 Å². The van der Waals surface area contributed by atoms with Gasteiger partial charge in [-0.25, -0.2) is 0 Å². The lowest BCUT2D eigenvalue weighted by Crippen LogP contribution is -2.69. The molecule has 11 atom stereocenters. The van der Waals surface area contributed by atoms with Crippen LogP contribution in [0.4, 0.5) is 0 Å². The van der Waals surface area contributed by atoms with Crippen molar-refractivity contribution in [1.82, 2.24) is 0 Å². The van der Waals surface area contributed by atoms with E-state index in [0.717, 1.165) is 38.5 Å². The third kappa shape index (κ3) is 6.13. The maximum absolute atomic E-state index is 13.0. The number of hydrogen-bond donors (Lipinski definition) is 1. The second-order valence-electron chi connectivity index (χ2n) is 17.6. The van der Waals surface area contributed by atoms with Gasteiger partial charge in [0.15, 0.2) is 0 Å². The fourth-order valence-corrected chi connectivity index (χ4v) is 16.2. The fraction of sp³-hybridized carbons (Fsp3) is 0.628. The van der Waals surface area contributed by atoms with Crippen molar-refractivity contribution in [3.05, 3.63) is 72.3 Å². The second-order valence-corrected chi connectivity index (χ2v) is 21.9. The summed E-state index contributed by atoms with van der Waals surface area (Å²) in [5.74, 6) is -0.0421. The molecule has 6 rings (SSSR count). The Balaban J connectivity index is 1.41. The first-order chi connectivity index (χ1) is 23.5. The van der Waals surface area contributed by atoms with Gasteiger partial charge in [0.25, 0.3) is 8.32 Å². The van der Waals surface area contributed by atoms with Crippen LogP contribution in [0.25, 0.3) is 0 Å². The van der Waals surface area contributed by atoms with Crippen molar-refractivity contribution in [2.24, 2.45) is 40.4 Å². The highest BCUT2D eigenvalue weighted by Gasteiger charge is 2.67. The Kier molecular flexibility index (Phi) is 10.1. The molecule has 1 N–H and O–H groups in total. The van der Waals surface area contributed by atoms with Crippen LogP contribution in [0.2, 0.25) is 5.04 Å². The fourth-order valence-electron chi connectivity index (χ4n) is 11.5.